The number of nitrogens with two attached hydrogens (primary N) is 1. The van der Waals surface area contributed by atoms with Crippen molar-refractivity contribution in [3.8, 4) is 5.75 Å². The normalized spacial score (nSPS) is 18.0. The van der Waals surface area contributed by atoms with Gasteiger partial charge in [0.15, 0.2) is 0 Å². The standard InChI is InChI=1S/C23H29N3O5S/c1-29-16-4-2-3-15(13-16)5-8-20(27)25-22-21(24)18-7-6-17(14-19(18)32-22)31-23(28)26-9-11-30-12-10-26/h2-4,13,17H,5-12,14,24H2,1H3,(H,25,27). The Kier molecular flexibility index (Phi) is 7.16. The van der Waals surface area contributed by atoms with Crippen molar-refractivity contribution in [3.63, 3.8) is 0 Å². The number of anilines is 2. The minimum absolute atomic E-state index is 0.0755. The lowest BCUT2D eigenvalue weighted by atomic mass is 9.95. The highest BCUT2D eigenvalue weighted by molar-refractivity contribution is 7.17. The number of morpholine rings is 1. The maximum absolute atomic E-state index is 12.5. The third-order valence-corrected chi connectivity index (χ3v) is 7.01. The number of rotatable bonds is 6. The van der Waals surface area contributed by atoms with E-state index in [0.29, 0.717) is 56.3 Å². The zero-order valence-electron chi connectivity index (χ0n) is 18.2. The summed E-state index contributed by atoms with van der Waals surface area (Å²) in [5.41, 5.74) is 9.08. The Morgan fingerprint density at radius 2 is 2.12 bits per heavy atom. The second kappa shape index (κ2) is 10.2. The molecule has 0 spiro atoms. The molecule has 1 unspecified atom stereocenters. The number of carbonyl (C=O) groups is 2. The van der Waals surface area contributed by atoms with Gasteiger partial charge in [-0.05, 0) is 42.5 Å². The quantitative estimate of drug-likeness (QED) is 0.688. The zero-order chi connectivity index (χ0) is 22.5. The molecule has 2 amide bonds. The molecule has 1 aromatic carbocycles. The highest BCUT2D eigenvalue weighted by atomic mass is 32.1. The number of ether oxygens (including phenoxy) is 3. The second-order valence-electron chi connectivity index (χ2n) is 7.99. The molecule has 2 aromatic rings. The predicted molar refractivity (Wildman–Crippen MR) is 123 cm³/mol. The molecule has 1 fully saturated rings. The number of thiophene rings is 1. The van der Waals surface area contributed by atoms with E-state index >= 15 is 0 Å². The Balaban J connectivity index is 1.32. The van der Waals surface area contributed by atoms with E-state index in [1.165, 1.54) is 11.3 Å². The summed E-state index contributed by atoms with van der Waals surface area (Å²) in [4.78, 5) is 27.7. The lowest BCUT2D eigenvalue weighted by Crippen LogP contribution is -2.42. The second-order valence-corrected chi connectivity index (χ2v) is 9.10. The van der Waals surface area contributed by atoms with Gasteiger partial charge < -0.3 is 30.2 Å². The fourth-order valence-corrected chi connectivity index (χ4v) is 5.26. The van der Waals surface area contributed by atoms with Gasteiger partial charge in [-0.2, -0.15) is 0 Å². The summed E-state index contributed by atoms with van der Waals surface area (Å²) in [6.45, 7) is 2.22. The van der Waals surface area contributed by atoms with Crippen LogP contribution in [0.1, 0.15) is 28.8 Å². The van der Waals surface area contributed by atoms with Crippen LogP contribution in [-0.2, 0) is 33.5 Å². The summed E-state index contributed by atoms with van der Waals surface area (Å²) in [6, 6.07) is 7.71. The largest absolute Gasteiger partial charge is 0.497 e. The van der Waals surface area contributed by atoms with Crippen LogP contribution in [0.3, 0.4) is 0 Å². The molecule has 1 aliphatic heterocycles. The molecule has 4 rings (SSSR count). The van der Waals surface area contributed by atoms with E-state index in [1.54, 1.807) is 12.0 Å². The minimum Gasteiger partial charge on any atom is -0.497 e. The van der Waals surface area contributed by atoms with E-state index in [9.17, 15) is 9.59 Å². The van der Waals surface area contributed by atoms with Gasteiger partial charge in [-0.1, -0.05) is 12.1 Å². The van der Waals surface area contributed by atoms with Crippen molar-refractivity contribution < 1.29 is 23.8 Å². The first-order chi connectivity index (χ1) is 15.5. The average Bonchev–Trinajstić information content (AvgIpc) is 3.12. The summed E-state index contributed by atoms with van der Waals surface area (Å²) in [5.74, 6) is 0.704. The maximum atomic E-state index is 12.5. The van der Waals surface area contributed by atoms with E-state index in [2.05, 4.69) is 5.32 Å². The molecule has 0 saturated carbocycles. The molecule has 8 nitrogen and oxygen atoms in total. The molecule has 0 radical (unpaired) electrons. The number of nitrogen functional groups attached to an aromatic ring is 1. The first-order valence-corrected chi connectivity index (χ1v) is 11.7. The van der Waals surface area contributed by atoms with Gasteiger partial charge in [-0.3, -0.25) is 4.79 Å². The summed E-state index contributed by atoms with van der Waals surface area (Å²) >= 11 is 1.48. The molecule has 32 heavy (non-hydrogen) atoms. The van der Waals surface area contributed by atoms with Crippen LogP contribution in [0.4, 0.5) is 15.5 Å². The maximum Gasteiger partial charge on any atom is 0.410 e. The number of amides is 2. The zero-order valence-corrected chi connectivity index (χ0v) is 19.0. The van der Waals surface area contributed by atoms with E-state index in [1.807, 2.05) is 24.3 Å². The number of fused-ring (bicyclic) bond motifs is 1. The third-order valence-electron chi connectivity index (χ3n) is 5.83. The molecule has 1 aromatic heterocycles. The number of methoxy groups -OCH3 is 1. The number of benzene rings is 1. The highest BCUT2D eigenvalue weighted by Gasteiger charge is 2.29. The number of aryl methyl sites for hydroxylation is 1. The summed E-state index contributed by atoms with van der Waals surface area (Å²) < 4.78 is 16.2. The van der Waals surface area contributed by atoms with Gasteiger partial charge >= 0.3 is 6.09 Å². The Bertz CT molecular complexity index is 971. The molecule has 0 bridgehead atoms. The van der Waals surface area contributed by atoms with Crippen molar-refractivity contribution in [2.24, 2.45) is 0 Å². The SMILES string of the molecule is COc1cccc(CCC(=O)Nc2sc3c(c2N)CCC(OC(=O)N2CCOCC2)C3)c1. The third kappa shape index (κ3) is 5.34. The van der Waals surface area contributed by atoms with Gasteiger partial charge in [0.2, 0.25) is 5.91 Å². The van der Waals surface area contributed by atoms with Crippen LogP contribution < -0.4 is 15.8 Å². The van der Waals surface area contributed by atoms with Crippen LogP contribution >= 0.6 is 11.3 Å². The molecule has 1 saturated heterocycles. The monoisotopic (exact) mass is 459 g/mol. The average molecular weight is 460 g/mol. The minimum atomic E-state index is -0.280. The Morgan fingerprint density at radius 1 is 1.31 bits per heavy atom. The Morgan fingerprint density at radius 3 is 2.91 bits per heavy atom. The fourth-order valence-electron chi connectivity index (χ4n) is 4.01. The van der Waals surface area contributed by atoms with Gasteiger partial charge in [-0.25, -0.2) is 4.79 Å². The molecule has 9 heteroatoms. The van der Waals surface area contributed by atoms with Crippen LogP contribution in [0.5, 0.6) is 5.75 Å². The molecule has 1 atom stereocenters. The van der Waals surface area contributed by atoms with Crippen molar-refractivity contribution >= 4 is 34.0 Å². The molecule has 172 valence electrons. The molecule has 2 heterocycles. The fraction of sp³-hybridized carbons (Fsp3) is 0.478. The van der Waals surface area contributed by atoms with Crippen LogP contribution in [0, 0.1) is 0 Å². The summed E-state index contributed by atoms with van der Waals surface area (Å²) in [5, 5.41) is 3.65. The molecule has 2 aliphatic rings. The summed E-state index contributed by atoms with van der Waals surface area (Å²) in [6.07, 6.45) is 2.61. The smallest absolute Gasteiger partial charge is 0.410 e. The van der Waals surface area contributed by atoms with E-state index in [4.69, 9.17) is 19.9 Å². The van der Waals surface area contributed by atoms with Crippen LogP contribution in [0.15, 0.2) is 24.3 Å². The van der Waals surface area contributed by atoms with Gasteiger partial charge in [0.1, 0.15) is 16.9 Å². The van der Waals surface area contributed by atoms with Crippen LogP contribution in [0.2, 0.25) is 0 Å². The molecular formula is C23H29N3O5S. The van der Waals surface area contributed by atoms with Crippen molar-refractivity contribution in [2.75, 3.05) is 44.5 Å². The van der Waals surface area contributed by atoms with Crippen molar-refractivity contribution in [3.05, 3.63) is 40.3 Å². The Labute approximate surface area is 191 Å². The van der Waals surface area contributed by atoms with Crippen molar-refractivity contribution in [1.82, 2.24) is 4.90 Å². The van der Waals surface area contributed by atoms with Gasteiger partial charge in [0, 0.05) is 30.8 Å². The van der Waals surface area contributed by atoms with E-state index < -0.39 is 0 Å². The van der Waals surface area contributed by atoms with Crippen molar-refractivity contribution in [1.29, 1.82) is 0 Å². The predicted octanol–water partition coefficient (Wildman–Crippen LogP) is 3.24. The Hall–Kier alpha value is -2.78. The lowest BCUT2D eigenvalue weighted by molar-refractivity contribution is -0.116. The van der Waals surface area contributed by atoms with Gasteiger partial charge in [-0.15, -0.1) is 11.3 Å². The highest BCUT2D eigenvalue weighted by Crippen LogP contribution is 2.41. The number of nitrogens with zero attached hydrogens (tertiary/aromatic N) is 1. The van der Waals surface area contributed by atoms with E-state index in [-0.39, 0.29) is 18.1 Å². The van der Waals surface area contributed by atoms with Crippen LogP contribution in [-0.4, -0.2) is 56.4 Å². The van der Waals surface area contributed by atoms with Crippen LogP contribution in [0.25, 0.3) is 0 Å². The number of nitrogens with one attached hydrogen (secondary N) is 1. The molecule has 1 aliphatic carbocycles. The molecular weight excluding hydrogens is 430 g/mol. The van der Waals surface area contributed by atoms with Gasteiger partial charge in [0.25, 0.3) is 0 Å². The first kappa shape index (κ1) is 22.4. The number of carbonyl (C=O) groups excluding carboxylic acids is 2. The lowest BCUT2D eigenvalue weighted by Gasteiger charge is -2.29. The first-order valence-electron chi connectivity index (χ1n) is 10.9. The van der Waals surface area contributed by atoms with Crippen molar-refractivity contribution in [2.45, 2.75) is 38.2 Å². The summed E-state index contributed by atoms with van der Waals surface area (Å²) in [7, 11) is 1.63. The van der Waals surface area contributed by atoms with Gasteiger partial charge in [0.05, 0.1) is 26.0 Å². The van der Waals surface area contributed by atoms with E-state index in [0.717, 1.165) is 34.6 Å². The molecule has 3 N–H and O–H groups in total. The number of hydrogen-bond donors (Lipinski definition) is 2. The topological polar surface area (TPSA) is 103 Å². The number of hydrogen-bond acceptors (Lipinski definition) is 7.